The van der Waals surface area contributed by atoms with Crippen LogP contribution in [-0.2, 0) is 9.47 Å². The molecule has 0 spiro atoms. The van der Waals surface area contributed by atoms with E-state index in [-0.39, 0.29) is 34.4 Å². The molecule has 0 aromatic carbocycles. The number of hydrogen-bond donors (Lipinski definition) is 3. The topological polar surface area (TPSA) is 103 Å². The monoisotopic (exact) mass is 334 g/mol. The molecule has 116 valence electrons. The molecule has 1 aromatic heterocycles. The molecule has 2 heterocycles. The predicted octanol–water partition coefficient (Wildman–Crippen LogP) is 1.43. The highest BCUT2D eigenvalue weighted by Crippen LogP contribution is 2.40. The number of hydrogen-bond acceptors (Lipinski definition) is 7. The normalized spacial score (nSPS) is 34.0. The van der Waals surface area contributed by atoms with Crippen LogP contribution in [0.5, 0.6) is 0 Å². The second kappa shape index (κ2) is 5.10. The quantitative estimate of drug-likeness (QED) is 0.555. The number of aromatic nitrogens is 2. The second-order valence-corrected chi connectivity index (χ2v) is 6.36. The molecular formula is C12H16Cl2N4O3. The van der Waals surface area contributed by atoms with Gasteiger partial charge in [-0.25, -0.2) is 4.98 Å². The van der Waals surface area contributed by atoms with Gasteiger partial charge in [0.05, 0.1) is 12.1 Å². The number of nitrogens with two attached hydrogens (primary N) is 1. The van der Waals surface area contributed by atoms with Crippen molar-refractivity contribution in [3.05, 3.63) is 10.4 Å². The van der Waals surface area contributed by atoms with Crippen LogP contribution in [0.3, 0.4) is 0 Å². The first-order chi connectivity index (χ1) is 9.77. The van der Waals surface area contributed by atoms with Crippen molar-refractivity contribution in [2.45, 2.75) is 50.4 Å². The van der Waals surface area contributed by atoms with Crippen LogP contribution in [0.25, 0.3) is 0 Å². The minimum absolute atomic E-state index is 0.00397. The molecule has 0 radical (unpaired) electrons. The first-order valence-corrected chi connectivity index (χ1v) is 7.31. The third kappa shape index (κ3) is 2.76. The van der Waals surface area contributed by atoms with E-state index in [1.165, 1.54) is 0 Å². The molecule has 1 saturated heterocycles. The molecule has 9 heteroatoms. The Balaban J connectivity index is 1.83. The molecule has 0 amide bonds. The number of nitrogens with one attached hydrogen (secondary N) is 1. The second-order valence-electron chi connectivity index (χ2n) is 5.66. The van der Waals surface area contributed by atoms with E-state index >= 15 is 0 Å². The number of nitrogens with zero attached hydrogens (tertiary/aromatic N) is 2. The van der Waals surface area contributed by atoms with E-state index < -0.39 is 11.9 Å². The maximum Gasteiger partial charge on any atom is 0.225 e. The summed E-state index contributed by atoms with van der Waals surface area (Å²) in [6.45, 7) is 3.61. The Morgan fingerprint density at radius 1 is 1.29 bits per heavy atom. The number of aliphatic hydroxyl groups is 1. The number of ether oxygens (including phenoxy) is 2. The lowest BCUT2D eigenvalue weighted by molar-refractivity contribution is -0.162. The van der Waals surface area contributed by atoms with Crippen LogP contribution in [-0.4, -0.2) is 45.2 Å². The van der Waals surface area contributed by atoms with Crippen LogP contribution in [0.1, 0.15) is 20.3 Å². The lowest BCUT2D eigenvalue weighted by atomic mass is 10.2. The molecule has 4 atom stereocenters. The lowest BCUT2D eigenvalue weighted by Crippen LogP contribution is -2.35. The van der Waals surface area contributed by atoms with Crippen molar-refractivity contribution in [2.24, 2.45) is 0 Å². The first kappa shape index (κ1) is 15.1. The summed E-state index contributed by atoms with van der Waals surface area (Å²) in [6.07, 6.45) is -0.860. The van der Waals surface area contributed by atoms with Gasteiger partial charge in [0.2, 0.25) is 5.28 Å². The van der Waals surface area contributed by atoms with Gasteiger partial charge in [-0.1, -0.05) is 11.6 Å². The minimum atomic E-state index is -0.733. The molecule has 3 rings (SSSR count). The zero-order valence-electron chi connectivity index (χ0n) is 11.5. The summed E-state index contributed by atoms with van der Waals surface area (Å²) in [7, 11) is 0. The summed E-state index contributed by atoms with van der Waals surface area (Å²) in [4.78, 5) is 7.79. The van der Waals surface area contributed by atoms with Crippen molar-refractivity contribution in [3.63, 3.8) is 0 Å². The molecule has 4 N–H and O–H groups in total. The Morgan fingerprint density at radius 3 is 2.67 bits per heavy atom. The van der Waals surface area contributed by atoms with Gasteiger partial charge in [-0.3, -0.25) is 0 Å². The van der Waals surface area contributed by atoms with E-state index in [2.05, 4.69) is 15.3 Å². The van der Waals surface area contributed by atoms with Crippen molar-refractivity contribution in [2.75, 3.05) is 11.1 Å². The van der Waals surface area contributed by atoms with Gasteiger partial charge in [-0.15, -0.1) is 0 Å². The Kier molecular flexibility index (Phi) is 3.66. The Morgan fingerprint density at radius 2 is 1.95 bits per heavy atom. The number of aliphatic hydroxyl groups excluding tert-OH is 1. The third-order valence-electron chi connectivity index (χ3n) is 3.63. The van der Waals surface area contributed by atoms with Gasteiger partial charge in [-0.2, -0.15) is 4.98 Å². The van der Waals surface area contributed by atoms with Crippen molar-refractivity contribution in [3.8, 4) is 0 Å². The number of anilines is 2. The highest BCUT2D eigenvalue weighted by atomic mass is 35.5. The molecule has 2 aliphatic rings. The molecule has 2 fully saturated rings. The zero-order chi connectivity index (χ0) is 15.4. The Bertz CT molecular complexity index is 572. The van der Waals surface area contributed by atoms with Gasteiger partial charge in [0.15, 0.2) is 16.8 Å². The summed E-state index contributed by atoms with van der Waals surface area (Å²) in [5.74, 6) is -0.408. The average molecular weight is 335 g/mol. The van der Waals surface area contributed by atoms with Crippen molar-refractivity contribution < 1.29 is 14.6 Å². The summed E-state index contributed by atoms with van der Waals surface area (Å²) in [5.41, 5.74) is 6.05. The smallest absolute Gasteiger partial charge is 0.225 e. The summed E-state index contributed by atoms with van der Waals surface area (Å²) >= 11 is 11.7. The molecular weight excluding hydrogens is 319 g/mol. The van der Waals surface area contributed by atoms with Crippen LogP contribution in [0.2, 0.25) is 10.4 Å². The lowest BCUT2D eigenvalue weighted by Gasteiger charge is -2.23. The van der Waals surface area contributed by atoms with Crippen LogP contribution in [0, 0.1) is 0 Å². The number of nitrogen functional groups attached to an aromatic ring is 1. The van der Waals surface area contributed by atoms with E-state index in [1.807, 2.05) is 13.8 Å². The van der Waals surface area contributed by atoms with Gasteiger partial charge in [0.25, 0.3) is 0 Å². The largest absolute Gasteiger partial charge is 0.393 e. The van der Waals surface area contributed by atoms with Crippen molar-refractivity contribution in [1.29, 1.82) is 0 Å². The highest BCUT2D eigenvalue weighted by molar-refractivity contribution is 6.34. The summed E-state index contributed by atoms with van der Waals surface area (Å²) < 4.78 is 11.5. The molecule has 1 aliphatic heterocycles. The Labute approximate surface area is 131 Å². The van der Waals surface area contributed by atoms with E-state index in [9.17, 15) is 5.11 Å². The number of halogens is 2. The predicted molar refractivity (Wildman–Crippen MR) is 78.3 cm³/mol. The molecule has 21 heavy (non-hydrogen) atoms. The standard InChI is InChI=1S/C12H16Cl2N4O3/c1-12(2)20-7-4(3-5(19)8(7)21-12)16-10-6(15)9(13)17-11(14)18-10/h4-5,7-8,19H,3,15H2,1-2H3,(H,16,17,18). The van der Waals surface area contributed by atoms with E-state index in [4.69, 9.17) is 38.4 Å². The molecule has 1 saturated carbocycles. The van der Waals surface area contributed by atoms with Gasteiger partial charge >= 0.3 is 0 Å². The maximum atomic E-state index is 10.1. The molecule has 7 nitrogen and oxygen atoms in total. The maximum absolute atomic E-state index is 10.1. The van der Waals surface area contributed by atoms with E-state index in [0.717, 1.165) is 0 Å². The highest BCUT2D eigenvalue weighted by Gasteiger charge is 2.53. The van der Waals surface area contributed by atoms with Crippen LogP contribution < -0.4 is 11.1 Å². The fourth-order valence-corrected chi connectivity index (χ4v) is 3.18. The molecule has 0 bridgehead atoms. The third-order valence-corrected chi connectivity index (χ3v) is 4.09. The van der Waals surface area contributed by atoms with Gasteiger partial charge in [0.1, 0.15) is 17.9 Å². The summed E-state index contributed by atoms with van der Waals surface area (Å²) in [5, 5.41) is 13.3. The van der Waals surface area contributed by atoms with Crippen LogP contribution in [0.15, 0.2) is 0 Å². The van der Waals surface area contributed by atoms with E-state index in [1.54, 1.807) is 0 Å². The fraction of sp³-hybridized carbons (Fsp3) is 0.667. The first-order valence-electron chi connectivity index (χ1n) is 6.55. The van der Waals surface area contributed by atoms with Crippen LogP contribution in [0.4, 0.5) is 11.5 Å². The number of fused-ring (bicyclic) bond motifs is 1. The molecule has 1 aromatic rings. The molecule has 4 unspecified atom stereocenters. The average Bonchev–Trinajstić information content (AvgIpc) is 2.82. The van der Waals surface area contributed by atoms with Gasteiger partial charge in [-0.05, 0) is 31.9 Å². The number of rotatable bonds is 2. The van der Waals surface area contributed by atoms with E-state index in [0.29, 0.717) is 12.2 Å². The van der Waals surface area contributed by atoms with Crippen LogP contribution >= 0.6 is 23.2 Å². The minimum Gasteiger partial charge on any atom is -0.393 e. The molecule has 1 aliphatic carbocycles. The zero-order valence-corrected chi connectivity index (χ0v) is 13.0. The van der Waals surface area contributed by atoms with Crippen molar-refractivity contribution >= 4 is 34.7 Å². The fourth-order valence-electron chi connectivity index (χ4n) is 2.80. The SMILES string of the molecule is CC1(C)OC2C(O)CC(Nc3nc(Cl)nc(Cl)c3N)C2O1. The summed E-state index contributed by atoms with van der Waals surface area (Å²) in [6, 6.07) is -0.212. The van der Waals surface area contributed by atoms with Crippen molar-refractivity contribution in [1.82, 2.24) is 9.97 Å². The Hall–Kier alpha value is -0.860. The van der Waals surface area contributed by atoms with Gasteiger partial charge < -0.3 is 25.6 Å². The van der Waals surface area contributed by atoms with Gasteiger partial charge in [0, 0.05) is 0 Å².